The summed E-state index contributed by atoms with van der Waals surface area (Å²) < 4.78 is 51.2. The molecule has 1 aromatic heterocycles. The quantitative estimate of drug-likeness (QED) is 0.0633. The smallest absolute Gasteiger partial charge is 0.345 e. The molecule has 3 atom stereocenters. The van der Waals surface area contributed by atoms with E-state index in [4.69, 9.17) is 42.6 Å². The highest BCUT2D eigenvalue weighted by Crippen LogP contribution is 2.32. The van der Waals surface area contributed by atoms with Crippen molar-refractivity contribution >= 4 is 17.9 Å². The van der Waals surface area contributed by atoms with Gasteiger partial charge < -0.3 is 58.0 Å². The maximum absolute atomic E-state index is 15.4. The van der Waals surface area contributed by atoms with Crippen LogP contribution in [0.15, 0.2) is 128 Å². The number of carboxylic acid groups (broad SMARTS) is 3. The van der Waals surface area contributed by atoms with Crippen LogP contribution in [0.5, 0.6) is 0 Å². The minimum atomic E-state index is -3.41. The summed E-state index contributed by atoms with van der Waals surface area (Å²) in [6.45, 7) is 25.2. The van der Waals surface area contributed by atoms with Gasteiger partial charge in [0.15, 0.2) is 0 Å². The molecule has 1 heterocycles. The van der Waals surface area contributed by atoms with Crippen LogP contribution in [0.1, 0.15) is 0 Å². The summed E-state index contributed by atoms with van der Waals surface area (Å²) in [6, 6.07) is 0. The van der Waals surface area contributed by atoms with Crippen LogP contribution in [-0.4, -0.2) is 125 Å². The van der Waals surface area contributed by atoms with Crippen molar-refractivity contribution in [3.8, 4) is 0 Å². The lowest BCUT2D eigenvalue weighted by atomic mass is 10.2. The first-order valence-corrected chi connectivity index (χ1v) is 17.5. The number of carbonyl (C=O) groups is 3. The zero-order valence-electron chi connectivity index (χ0n) is 33.0. The average Bonchev–Trinajstić information content (AvgIpc) is 3.21. The average molecular weight is 850 g/mol. The molecule has 0 radical (unpaired) electrons. The van der Waals surface area contributed by atoms with Crippen LogP contribution in [0.3, 0.4) is 0 Å². The molecule has 0 bridgehead atoms. The second-order valence-corrected chi connectivity index (χ2v) is 11.4. The minimum Gasteiger partial charge on any atom is -0.479 e. The second-order valence-electron chi connectivity index (χ2n) is 11.4. The van der Waals surface area contributed by atoms with Crippen molar-refractivity contribution < 1.29 is 72.3 Å². The predicted octanol–water partition coefficient (Wildman–Crippen LogP) is 1.19. The normalized spacial score (nSPS) is 13.2. The maximum Gasteiger partial charge on any atom is 0.345 e. The molecule has 60 heavy (non-hydrogen) atoms. The summed E-state index contributed by atoms with van der Waals surface area (Å²) in [4.78, 5) is 85.8. The minimum absolute atomic E-state index is 0.158. The van der Waals surface area contributed by atoms with Gasteiger partial charge in [0, 0.05) is 0 Å². The van der Waals surface area contributed by atoms with Crippen LogP contribution in [0, 0.1) is 0 Å². The maximum atomic E-state index is 15.4. The lowest BCUT2D eigenvalue weighted by Crippen LogP contribution is -2.74. The molecule has 0 saturated carbocycles. The summed E-state index contributed by atoms with van der Waals surface area (Å²) in [6.07, 6.45) is 1.70. The fraction of sp³-hybridized carbons (Fsp3) is 0.385. The van der Waals surface area contributed by atoms with Crippen molar-refractivity contribution in [2.45, 2.75) is 36.0 Å². The monoisotopic (exact) mass is 849 g/mol. The number of hydrogen-bond acceptors (Lipinski definition) is 15. The number of carboxylic acids is 3. The predicted molar refractivity (Wildman–Crippen MR) is 213 cm³/mol. The first-order chi connectivity index (χ1) is 28.6. The Hall–Kier alpha value is -5.88. The summed E-state index contributed by atoms with van der Waals surface area (Å²) in [7, 11) is 0. The molecule has 0 aromatic carbocycles. The Kier molecular flexibility index (Phi) is 22.2. The van der Waals surface area contributed by atoms with Gasteiger partial charge in [0.2, 0.25) is 18.3 Å². The first kappa shape index (κ1) is 52.1. The number of aromatic nitrogens is 3. The summed E-state index contributed by atoms with van der Waals surface area (Å²) in [5.74, 6) is -16.1. The molecule has 0 spiro atoms. The van der Waals surface area contributed by atoms with E-state index in [2.05, 4.69) is 59.2 Å². The molecule has 3 N–H and O–H groups in total. The zero-order valence-corrected chi connectivity index (χ0v) is 33.0. The number of hydrogen-bond donors (Lipinski definition) is 3. The van der Waals surface area contributed by atoms with Crippen molar-refractivity contribution in [3.05, 3.63) is 145 Å². The van der Waals surface area contributed by atoms with E-state index in [0.29, 0.717) is 0 Å². The Morgan fingerprint density at radius 2 is 0.567 bits per heavy atom. The van der Waals surface area contributed by atoms with Crippen LogP contribution in [0.4, 0.5) is 0 Å². The van der Waals surface area contributed by atoms with E-state index in [-0.39, 0.29) is 13.7 Å². The van der Waals surface area contributed by atoms with E-state index < -0.39 is 130 Å². The summed E-state index contributed by atoms with van der Waals surface area (Å²) in [5, 5.41) is 32.0. The molecule has 3 unspecified atom stereocenters. The molecule has 0 fully saturated rings. The Morgan fingerprint density at radius 1 is 0.400 bits per heavy atom. The van der Waals surface area contributed by atoms with Gasteiger partial charge in [-0.25, -0.2) is 28.8 Å². The van der Waals surface area contributed by atoms with E-state index in [9.17, 15) is 29.7 Å². The Morgan fingerprint density at radius 3 is 0.700 bits per heavy atom. The third-order valence-electron chi connectivity index (χ3n) is 7.34. The van der Waals surface area contributed by atoms with Crippen LogP contribution in [0.2, 0.25) is 0 Å². The summed E-state index contributed by atoms with van der Waals surface area (Å²) >= 11 is 0. The van der Waals surface area contributed by atoms with Gasteiger partial charge in [-0.15, -0.1) is 59.2 Å². The summed E-state index contributed by atoms with van der Waals surface area (Å²) in [5.41, 5.74) is -6.03. The van der Waals surface area contributed by atoms with Crippen molar-refractivity contribution in [2.75, 3.05) is 59.5 Å². The second kappa shape index (κ2) is 25.6. The van der Waals surface area contributed by atoms with E-state index in [1.807, 2.05) is 0 Å². The van der Waals surface area contributed by atoms with Crippen LogP contribution < -0.4 is 17.1 Å². The lowest BCUT2D eigenvalue weighted by Gasteiger charge is -2.43. The Balaban J connectivity index is 5.54. The van der Waals surface area contributed by atoms with Gasteiger partial charge in [-0.2, -0.15) is 13.7 Å². The van der Waals surface area contributed by atoms with Crippen LogP contribution in [0.25, 0.3) is 0 Å². The fourth-order valence-corrected chi connectivity index (χ4v) is 5.22. The van der Waals surface area contributed by atoms with Crippen molar-refractivity contribution in [1.82, 2.24) is 13.7 Å². The van der Waals surface area contributed by atoms with Crippen molar-refractivity contribution in [1.29, 1.82) is 0 Å². The standard InChI is InChI=1S/C39H51N3O18/c1-10-19-52-28(31(43)44)37(55-22-13-4,56-23-14-5)40-34(49)41(38(57-24-15-6,58-25-16-7)29(32(45)46)53-20-11-2)36(51)42(35(40)50)39(59-26-17-8,60-27-18-9)30(33(47)48)54-21-12-3/h10-18,28-30H,1-9,19-27H2,(H,43,44)(H,45,46)(H,47,48). The molecular formula is C39H51N3O18. The van der Waals surface area contributed by atoms with Gasteiger partial charge in [-0.3, -0.25) is 0 Å². The van der Waals surface area contributed by atoms with Gasteiger partial charge in [0.1, 0.15) is 0 Å². The Bertz CT molecular complexity index is 1630. The third kappa shape index (κ3) is 11.7. The molecule has 1 rings (SSSR count). The first-order valence-electron chi connectivity index (χ1n) is 17.5. The van der Waals surface area contributed by atoms with Crippen LogP contribution in [-0.2, 0) is 74.7 Å². The van der Waals surface area contributed by atoms with E-state index >= 15 is 14.4 Å². The van der Waals surface area contributed by atoms with Crippen molar-refractivity contribution in [2.24, 2.45) is 0 Å². The highest BCUT2D eigenvalue weighted by Gasteiger charge is 2.59. The highest BCUT2D eigenvalue weighted by atomic mass is 16.8. The number of ether oxygens (including phenoxy) is 9. The molecule has 0 aliphatic rings. The van der Waals surface area contributed by atoms with Crippen LogP contribution >= 0.6 is 0 Å². The number of nitrogens with zero attached hydrogens (tertiary/aromatic N) is 3. The molecule has 0 amide bonds. The Labute approximate surface area is 344 Å². The number of aliphatic carboxylic acids is 3. The van der Waals surface area contributed by atoms with Gasteiger partial charge in [-0.05, 0) is 0 Å². The topological polar surface area (TPSA) is 261 Å². The molecular weight excluding hydrogens is 798 g/mol. The molecule has 0 saturated heterocycles. The largest absolute Gasteiger partial charge is 0.479 e. The lowest BCUT2D eigenvalue weighted by molar-refractivity contribution is -0.357. The number of rotatable bonds is 36. The zero-order chi connectivity index (χ0) is 45.5. The van der Waals surface area contributed by atoms with E-state index in [1.54, 1.807) is 0 Å². The molecule has 21 heteroatoms. The van der Waals surface area contributed by atoms with Gasteiger partial charge >= 0.3 is 52.7 Å². The third-order valence-corrected chi connectivity index (χ3v) is 7.34. The van der Waals surface area contributed by atoms with Gasteiger partial charge in [-0.1, -0.05) is 54.7 Å². The van der Waals surface area contributed by atoms with Gasteiger partial charge in [0.25, 0.3) is 0 Å². The molecule has 330 valence electrons. The molecule has 0 aliphatic carbocycles. The van der Waals surface area contributed by atoms with E-state index in [1.165, 1.54) is 0 Å². The highest BCUT2D eigenvalue weighted by molar-refractivity contribution is 5.74. The molecule has 1 aromatic rings. The SMILES string of the molecule is C=CCOC(C(=O)O)C(OCC=C)(OCC=C)n1c(=O)n(C(OCC=C)(OCC=C)C(OCC=C)C(=O)O)c(=O)n(C(OCC=C)(OCC=C)C(OCC=C)C(=O)O)c1=O. The fourth-order valence-electron chi connectivity index (χ4n) is 5.22. The molecule has 21 nitrogen and oxygen atoms in total. The van der Waals surface area contributed by atoms with Crippen molar-refractivity contribution in [3.63, 3.8) is 0 Å². The molecule has 0 aliphatic heterocycles. The van der Waals surface area contributed by atoms with E-state index in [0.717, 1.165) is 54.7 Å². The van der Waals surface area contributed by atoms with Gasteiger partial charge in [0.05, 0.1) is 59.5 Å².